The van der Waals surface area contributed by atoms with Crippen molar-refractivity contribution >= 4 is 29.7 Å². The summed E-state index contributed by atoms with van der Waals surface area (Å²) in [6.07, 6.45) is -7.67. The number of ketones is 2. The second kappa shape index (κ2) is 19.0. The summed E-state index contributed by atoms with van der Waals surface area (Å²) in [4.78, 5) is 71.1. The first-order valence-electron chi connectivity index (χ1n) is 20.5. The zero-order valence-corrected chi connectivity index (χ0v) is 36.1. The van der Waals surface area contributed by atoms with Crippen molar-refractivity contribution in [3.8, 4) is 0 Å². The number of likely N-dealkylation sites (N-methyl/N-ethyl adjacent to an activating group) is 1. The van der Waals surface area contributed by atoms with Gasteiger partial charge in [-0.1, -0.05) is 76.2 Å². The lowest BCUT2D eigenvalue weighted by molar-refractivity contribution is -0.317. The molecule has 0 radical (unpaired) electrons. The molecule has 3 heterocycles. The predicted molar refractivity (Wildman–Crippen MR) is 214 cm³/mol. The van der Waals surface area contributed by atoms with Gasteiger partial charge < -0.3 is 42.8 Å². The largest absolute Gasteiger partial charge is 0.509 e. The van der Waals surface area contributed by atoms with Crippen LogP contribution in [-0.2, 0) is 58.9 Å². The van der Waals surface area contributed by atoms with E-state index in [0.29, 0.717) is 5.56 Å². The van der Waals surface area contributed by atoms with Crippen molar-refractivity contribution in [3.63, 3.8) is 0 Å². The Kier molecular flexibility index (Phi) is 14.8. The number of benzene rings is 2. The molecule has 3 aliphatic heterocycles. The van der Waals surface area contributed by atoms with E-state index in [0.717, 1.165) is 5.56 Å². The van der Waals surface area contributed by atoms with Crippen LogP contribution in [0.5, 0.6) is 0 Å². The number of rotatable bonds is 10. The van der Waals surface area contributed by atoms with Gasteiger partial charge in [0.25, 0.3) is 0 Å². The molecule has 5 rings (SSSR count). The molecule has 14 atom stereocenters. The summed E-state index contributed by atoms with van der Waals surface area (Å²) in [7, 11) is 5.15. The Labute approximate surface area is 347 Å². The molecule has 3 aliphatic rings. The van der Waals surface area contributed by atoms with E-state index in [9.17, 15) is 24.0 Å². The van der Waals surface area contributed by atoms with Gasteiger partial charge in [-0.2, -0.15) is 0 Å². The monoisotopic (exact) mass is 823 g/mol. The zero-order valence-electron chi connectivity index (χ0n) is 36.1. The Balaban J connectivity index is 1.57. The highest BCUT2D eigenvalue weighted by Crippen LogP contribution is 2.42. The maximum atomic E-state index is 14.5. The van der Waals surface area contributed by atoms with Crippen molar-refractivity contribution in [3.05, 3.63) is 71.8 Å². The maximum Gasteiger partial charge on any atom is 0.509 e. The van der Waals surface area contributed by atoms with E-state index in [4.69, 9.17) is 37.9 Å². The van der Waals surface area contributed by atoms with E-state index < -0.39 is 108 Å². The lowest BCUT2D eigenvalue weighted by atomic mass is 9.74. The van der Waals surface area contributed by atoms with Gasteiger partial charge in [-0.25, -0.2) is 9.59 Å². The van der Waals surface area contributed by atoms with Crippen LogP contribution in [0.4, 0.5) is 4.79 Å². The van der Waals surface area contributed by atoms with Crippen molar-refractivity contribution in [2.45, 2.75) is 135 Å². The number of hydrogen-bond donors (Lipinski definition) is 0. The average Bonchev–Trinajstić information content (AvgIpc) is 3.54. The highest BCUT2D eigenvalue weighted by Gasteiger charge is 2.59. The molecule has 0 aliphatic carbocycles. The van der Waals surface area contributed by atoms with Crippen molar-refractivity contribution in [1.29, 1.82) is 0 Å². The van der Waals surface area contributed by atoms with Crippen LogP contribution in [0.3, 0.4) is 0 Å². The molecule has 3 saturated heterocycles. The number of fused-ring (bicyclic) bond motifs is 1. The van der Waals surface area contributed by atoms with Crippen LogP contribution in [0, 0.1) is 23.7 Å². The van der Waals surface area contributed by atoms with Gasteiger partial charge in [0.1, 0.15) is 23.9 Å². The van der Waals surface area contributed by atoms with Crippen molar-refractivity contribution in [2.75, 3.05) is 21.2 Å². The number of cyclic esters (lactones) is 1. The molecular weight excluding hydrogens is 762 g/mol. The molecule has 3 fully saturated rings. The Hall–Kier alpha value is -4.21. The van der Waals surface area contributed by atoms with Gasteiger partial charge in [0.05, 0.1) is 41.9 Å². The van der Waals surface area contributed by atoms with Gasteiger partial charge in [0.15, 0.2) is 29.9 Å². The lowest BCUT2D eigenvalue weighted by Crippen LogP contribution is -2.66. The molecule has 0 unspecified atom stereocenters. The molecule has 0 saturated carbocycles. The number of hydrogen-bond acceptors (Lipinski definition) is 14. The minimum absolute atomic E-state index is 0.0416. The number of Topliss-reactive ketones (excluding diaryl/α,β-unsaturated/α-hetero) is 2. The summed E-state index contributed by atoms with van der Waals surface area (Å²) in [6, 6.07) is 17.6. The van der Waals surface area contributed by atoms with E-state index in [1.54, 1.807) is 71.9 Å². The topological polar surface area (TPSA) is 162 Å². The number of methoxy groups -OCH3 is 1. The molecule has 0 spiro atoms. The van der Waals surface area contributed by atoms with E-state index in [-0.39, 0.29) is 25.2 Å². The third-order valence-electron chi connectivity index (χ3n) is 12.4. The molecule has 59 heavy (non-hydrogen) atoms. The first kappa shape index (κ1) is 45.9. The van der Waals surface area contributed by atoms with E-state index >= 15 is 0 Å². The molecule has 0 amide bonds. The summed E-state index contributed by atoms with van der Waals surface area (Å²) >= 11 is 0. The van der Waals surface area contributed by atoms with Gasteiger partial charge in [-0.15, -0.1) is 0 Å². The second-order valence-electron chi connectivity index (χ2n) is 16.9. The normalized spacial score (nSPS) is 37.2. The summed E-state index contributed by atoms with van der Waals surface area (Å²) in [5, 5.41) is 0. The molecule has 324 valence electrons. The molecule has 0 aromatic heterocycles. The molecule has 2 aromatic rings. The minimum atomic E-state index is -1.50. The van der Waals surface area contributed by atoms with Crippen LogP contribution >= 0.6 is 0 Å². The summed E-state index contributed by atoms with van der Waals surface area (Å²) in [5.74, 6) is -6.23. The number of ether oxygens (including phenoxy) is 8. The number of carbonyl (C=O) groups excluding carboxylic acids is 5. The van der Waals surface area contributed by atoms with Gasteiger partial charge in [0, 0.05) is 18.9 Å². The third-order valence-corrected chi connectivity index (χ3v) is 12.4. The van der Waals surface area contributed by atoms with Crippen LogP contribution in [0.15, 0.2) is 60.7 Å². The Morgan fingerprint density at radius 3 is 2.07 bits per heavy atom. The lowest BCUT2D eigenvalue weighted by Gasteiger charge is -2.50. The van der Waals surface area contributed by atoms with Crippen LogP contribution in [-0.4, -0.2) is 116 Å². The summed E-state index contributed by atoms with van der Waals surface area (Å²) < 4.78 is 49.8. The Morgan fingerprint density at radius 1 is 0.847 bits per heavy atom. The predicted octanol–water partition coefficient (Wildman–Crippen LogP) is 5.96. The fraction of sp³-hybridized carbons (Fsp3) is 0.622. The van der Waals surface area contributed by atoms with Gasteiger partial charge in [0.2, 0.25) is 0 Å². The summed E-state index contributed by atoms with van der Waals surface area (Å²) in [6.45, 7) is 13.6. The fourth-order valence-corrected chi connectivity index (χ4v) is 8.98. The zero-order chi connectivity index (χ0) is 43.4. The van der Waals surface area contributed by atoms with E-state index in [1.165, 1.54) is 14.0 Å². The highest BCUT2D eigenvalue weighted by atomic mass is 16.8. The minimum Gasteiger partial charge on any atom is -0.457 e. The fourth-order valence-electron chi connectivity index (χ4n) is 8.98. The maximum absolute atomic E-state index is 14.5. The quantitative estimate of drug-likeness (QED) is 0.157. The number of nitrogens with zero attached hydrogens (tertiary/aromatic N) is 1. The molecule has 2 aromatic carbocycles. The first-order chi connectivity index (χ1) is 27.9. The van der Waals surface area contributed by atoms with Gasteiger partial charge in [-0.05, 0) is 72.3 Å². The Bertz CT molecular complexity index is 1790. The smallest absolute Gasteiger partial charge is 0.457 e. The van der Waals surface area contributed by atoms with Crippen LogP contribution in [0.25, 0.3) is 0 Å². The van der Waals surface area contributed by atoms with Crippen LogP contribution in [0.1, 0.15) is 84.2 Å². The number of carbonyl (C=O) groups is 5. The van der Waals surface area contributed by atoms with Crippen LogP contribution in [0.2, 0.25) is 0 Å². The van der Waals surface area contributed by atoms with E-state index in [1.807, 2.05) is 56.3 Å². The molecular formula is C45H61NO13. The van der Waals surface area contributed by atoms with Crippen molar-refractivity contribution in [2.24, 2.45) is 23.7 Å². The van der Waals surface area contributed by atoms with Gasteiger partial charge >= 0.3 is 18.1 Å². The SMILES string of the molecule is CC[C@H]1OC(=O)[C@H](C)C(=O)[C@H](C)[C@@H](O[C@@H]2O[C@H](C)[C@@H](OCc3ccccc3)[C@H](N(C)C)[C@H]2OC(=O)c2ccccc2)[C@@](C)(OC)C[C@@H](C)C(=O)[C@H](C)[C@H]2OC(=O)O[C@@]21C. The Morgan fingerprint density at radius 2 is 1.47 bits per heavy atom. The van der Waals surface area contributed by atoms with Crippen molar-refractivity contribution < 1.29 is 61.9 Å². The highest BCUT2D eigenvalue weighted by molar-refractivity contribution is 6.00. The summed E-state index contributed by atoms with van der Waals surface area (Å²) in [5.41, 5.74) is -1.64. The second-order valence-corrected chi connectivity index (χ2v) is 16.9. The third kappa shape index (κ3) is 9.73. The number of esters is 2. The van der Waals surface area contributed by atoms with E-state index in [2.05, 4.69) is 0 Å². The average molecular weight is 824 g/mol. The molecule has 0 N–H and O–H groups in total. The van der Waals surface area contributed by atoms with Gasteiger partial charge in [-0.3, -0.25) is 14.4 Å². The molecule has 14 nitrogen and oxygen atoms in total. The first-order valence-corrected chi connectivity index (χ1v) is 20.5. The van der Waals surface area contributed by atoms with Crippen molar-refractivity contribution in [1.82, 2.24) is 4.90 Å². The van der Waals surface area contributed by atoms with Crippen LogP contribution < -0.4 is 0 Å². The molecule has 0 bridgehead atoms. The molecule has 14 heteroatoms. The standard InChI is InChI=1S/C45H61NO13/c1-12-32-45(8)39(58-43(51)59-45)26(3)34(47)25(2)23-44(7,52-11)38(27(4)35(48)28(5)40(49)55-32)57-42-37(56-41(50)31-21-17-14-18-22-31)33(46(9)10)36(29(6)54-42)53-24-30-19-15-13-16-20-30/h13-22,25-29,32-33,36-39,42H,12,23-24H2,1-11H3/t25-,26+,27+,28-,29-,32-,33+,36-,37-,38-,39-,42+,44+,45-/m1/s1.